The first-order valence-corrected chi connectivity index (χ1v) is 24.0. The molecule has 0 spiro atoms. The molecule has 1 saturated carbocycles. The predicted octanol–water partition coefficient (Wildman–Crippen LogP) is 9.64. The molecule has 8 rings (SSSR count). The monoisotopic (exact) mass is 837 g/mol. The number of anilines is 1. The number of ether oxygens (including phenoxy) is 3. The van der Waals surface area contributed by atoms with Crippen LogP contribution in [0.3, 0.4) is 0 Å². The van der Waals surface area contributed by atoms with E-state index in [4.69, 9.17) is 29.2 Å². The molecule has 0 bridgehead atoms. The van der Waals surface area contributed by atoms with Crippen molar-refractivity contribution in [1.29, 1.82) is 0 Å². The number of imidazole rings is 1. The first-order valence-electron chi connectivity index (χ1n) is 21.7. The van der Waals surface area contributed by atoms with E-state index in [9.17, 15) is 4.39 Å². The first-order chi connectivity index (χ1) is 28.7. The van der Waals surface area contributed by atoms with Crippen molar-refractivity contribution in [3.05, 3.63) is 54.1 Å². The fraction of sp³-hybridized carbons (Fsp3) is 0.553. The van der Waals surface area contributed by atoms with Crippen LogP contribution in [0.25, 0.3) is 38.6 Å². The third kappa shape index (κ3) is 7.31. The molecule has 0 radical (unpaired) electrons. The van der Waals surface area contributed by atoms with Crippen LogP contribution in [0.1, 0.15) is 85.6 Å². The summed E-state index contributed by atoms with van der Waals surface area (Å²) in [5.41, 5.74) is 8.37. The van der Waals surface area contributed by atoms with Crippen molar-refractivity contribution in [1.82, 2.24) is 29.2 Å². The molecule has 3 aromatic heterocycles. The smallest absolute Gasteiger partial charge is 0.319 e. The van der Waals surface area contributed by atoms with Crippen LogP contribution in [-0.2, 0) is 4.74 Å². The van der Waals surface area contributed by atoms with Gasteiger partial charge in [0.05, 0.1) is 16.6 Å². The average Bonchev–Trinajstić information content (AvgIpc) is 3.90. The Kier molecular flexibility index (Phi) is 11.6. The number of aromatic nitrogens is 4. The van der Waals surface area contributed by atoms with Gasteiger partial charge in [-0.25, -0.2) is 13.8 Å². The summed E-state index contributed by atoms with van der Waals surface area (Å²) in [4.78, 5) is 19.6. The van der Waals surface area contributed by atoms with Gasteiger partial charge < -0.3 is 24.4 Å². The highest BCUT2D eigenvalue weighted by molar-refractivity contribution is 6.90. The molecule has 2 saturated heterocycles. The van der Waals surface area contributed by atoms with Crippen LogP contribution < -0.4 is 14.8 Å². The summed E-state index contributed by atoms with van der Waals surface area (Å²) in [5, 5.41) is 5.18. The topological polar surface area (TPSA) is 89.3 Å². The number of methoxy groups -OCH3 is 1. The number of hydrogen-bond donors (Lipinski definition) is 1. The predicted molar refractivity (Wildman–Crippen MR) is 239 cm³/mol. The molecular formula is C47H61F2N7O3Si. The molecule has 1 aliphatic carbocycles. The second-order valence-electron chi connectivity index (χ2n) is 18.6. The quantitative estimate of drug-likeness (QED) is 0.0668. The zero-order valence-corrected chi connectivity index (χ0v) is 37.8. The number of hydrogen-bond acceptors (Lipinski definition) is 9. The molecule has 3 aliphatic rings. The van der Waals surface area contributed by atoms with Crippen LogP contribution in [0.5, 0.6) is 11.8 Å². The van der Waals surface area contributed by atoms with Gasteiger partial charge in [0, 0.05) is 55.5 Å². The van der Waals surface area contributed by atoms with Gasteiger partial charge in [-0.2, -0.15) is 9.97 Å². The zero-order valence-electron chi connectivity index (χ0n) is 36.8. The molecule has 320 valence electrons. The normalized spacial score (nSPS) is 20.4. The van der Waals surface area contributed by atoms with Crippen molar-refractivity contribution in [2.24, 2.45) is 0 Å². The molecule has 0 unspecified atom stereocenters. The van der Waals surface area contributed by atoms with Crippen molar-refractivity contribution >= 4 is 41.3 Å². The third-order valence-electron chi connectivity index (χ3n) is 14.3. The minimum Gasteiger partial charge on any atom is -0.468 e. The molecular weight excluding hydrogens is 777 g/mol. The molecule has 5 aromatic rings. The van der Waals surface area contributed by atoms with Gasteiger partial charge in [-0.3, -0.25) is 9.30 Å². The Morgan fingerprint density at radius 1 is 0.983 bits per heavy atom. The van der Waals surface area contributed by atoms with Crippen molar-refractivity contribution in [3.63, 3.8) is 0 Å². The Bertz CT molecular complexity index is 2430. The van der Waals surface area contributed by atoms with Crippen LogP contribution in [0.2, 0.25) is 16.6 Å². The lowest BCUT2D eigenvalue weighted by molar-refractivity contribution is 0.0512. The minimum absolute atomic E-state index is 0.000192. The molecule has 2 aliphatic heterocycles. The van der Waals surface area contributed by atoms with Gasteiger partial charge in [0.25, 0.3) is 0 Å². The van der Waals surface area contributed by atoms with E-state index in [0.717, 1.165) is 48.7 Å². The van der Waals surface area contributed by atoms with E-state index in [2.05, 4.69) is 82.2 Å². The van der Waals surface area contributed by atoms with Gasteiger partial charge in [-0.05, 0) is 105 Å². The van der Waals surface area contributed by atoms with Gasteiger partial charge in [-0.1, -0.05) is 53.5 Å². The van der Waals surface area contributed by atoms with E-state index < -0.39 is 14.2 Å². The van der Waals surface area contributed by atoms with E-state index in [1.54, 1.807) is 19.4 Å². The lowest BCUT2D eigenvalue weighted by Gasteiger charge is -2.47. The largest absolute Gasteiger partial charge is 0.468 e. The average molecular weight is 838 g/mol. The van der Waals surface area contributed by atoms with Gasteiger partial charge in [-0.15, -0.1) is 5.54 Å². The van der Waals surface area contributed by atoms with Crippen LogP contribution in [0, 0.1) is 17.3 Å². The summed E-state index contributed by atoms with van der Waals surface area (Å²) in [6.45, 7) is 15.9. The molecule has 5 heterocycles. The number of rotatable bonds is 14. The van der Waals surface area contributed by atoms with Crippen molar-refractivity contribution < 1.29 is 23.0 Å². The molecule has 2 aromatic carbocycles. The summed E-state index contributed by atoms with van der Waals surface area (Å²) < 4.78 is 51.2. The molecule has 1 N–H and O–H groups in total. The van der Waals surface area contributed by atoms with E-state index in [1.807, 2.05) is 28.8 Å². The lowest BCUT2D eigenvalue weighted by atomic mass is 9.75. The Hall–Kier alpha value is -4.35. The van der Waals surface area contributed by atoms with Crippen LogP contribution in [-0.4, -0.2) is 109 Å². The van der Waals surface area contributed by atoms with Crippen molar-refractivity contribution in [2.45, 2.75) is 114 Å². The highest BCUT2D eigenvalue weighted by Gasteiger charge is 2.49. The number of benzene rings is 2. The summed E-state index contributed by atoms with van der Waals surface area (Å²) in [5.74, 6) is 4.30. The maximum atomic E-state index is 16.5. The SMILES string of the molecule is COCOc1cc(-c2cc3nc(OC[C@@]45CCCN4C[C@H](F)C5)nc(NCC4(N(C)C)CCC4)c3n3ccnc23)c2c(C#C[Si](C(C)C)(C(C)C)C(C)C)c(F)ccc2c1. The molecule has 0 amide bonds. The second kappa shape index (κ2) is 16.5. The van der Waals surface area contributed by atoms with Crippen LogP contribution in [0.15, 0.2) is 42.7 Å². The molecule has 10 nitrogen and oxygen atoms in total. The number of nitrogens with one attached hydrogen (secondary N) is 1. The highest BCUT2D eigenvalue weighted by Crippen LogP contribution is 2.44. The van der Waals surface area contributed by atoms with Crippen LogP contribution in [0.4, 0.5) is 14.6 Å². The number of likely N-dealkylation sites (N-methyl/N-ethyl adjacent to an activating group) is 1. The minimum atomic E-state index is -2.24. The molecule has 3 fully saturated rings. The second-order valence-corrected chi connectivity index (χ2v) is 24.2. The van der Waals surface area contributed by atoms with E-state index in [-0.39, 0.29) is 29.7 Å². The fourth-order valence-corrected chi connectivity index (χ4v) is 16.1. The number of fused-ring (bicyclic) bond motifs is 5. The van der Waals surface area contributed by atoms with Gasteiger partial charge in [0.2, 0.25) is 0 Å². The third-order valence-corrected chi connectivity index (χ3v) is 20.6. The van der Waals surface area contributed by atoms with E-state index in [0.29, 0.717) is 82.0 Å². The van der Waals surface area contributed by atoms with Gasteiger partial charge >= 0.3 is 6.01 Å². The maximum absolute atomic E-state index is 16.5. The number of nitrogens with zero attached hydrogens (tertiary/aromatic N) is 6. The molecule has 60 heavy (non-hydrogen) atoms. The Balaban J connectivity index is 1.34. The lowest BCUT2D eigenvalue weighted by Crippen LogP contribution is -2.54. The van der Waals surface area contributed by atoms with Gasteiger partial charge in [0.1, 0.15) is 43.6 Å². The molecule has 2 atom stereocenters. The Morgan fingerprint density at radius 3 is 2.43 bits per heavy atom. The number of pyridine rings is 1. The zero-order chi connectivity index (χ0) is 42.6. The highest BCUT2D eigenvalue weighted by atomic mass is 28.3. The Morgan fingerprint density at radius 2 is 1.75 bits per heavy atom. The molecule has 13 heteroatoms. The summed E-state index contributed by atoms with van der Waals surface area (Å²) in [6, 6.07) is 9.36. The van der Waals surface area contributed by atoms with Crippen molar-refractivity contribution in [2.75, 3.05) is 59.6 Å². The standard InChI is InChI=1S/C47H61F2N7O3Si/c1-30(2)60(31(3)4,32(5)6)21-14-36-39(49)13-12-33-22-35(59-29-57-9)23-37(41(33)36)38-24-40-42(56-20-18-50-44(38)56)43(51-27-46(54(7)8)15-10-16-46)53-45(52-40)58-28-47-17-11-19-55(47)26-34(48)25-47/h12-13,18,20,22-24,30-32,34H,10-11,15-17,19,25-29H2,1-9H3,(H,51,52,53)/t34-,47+/m1/s1. The summed E-state index contributed by atoms with van der Waals surface area (Å²) in [7, 11) is 3.61. The fourth-order valence-electron chi connectivity index (χ4n) is 10.9. The van der Waals surface area contributed by atoms with E-state index >= 15 is 4.39 Å². The number of halogens is 2. The van der Waals surface area contributed by atoms with E-state index in [1.165, 1.54) is 12.5 Å². The first kappa shape index (κ1) is 42.3. The maximum Gasteiger partial charge on any atom is 0.319 e. The van der Waals surface area contributed by atoms with Gasteiger partial charge in [0.15, 0.2) is 12.6 Å². The summed E-state index contributed by atoms with van der Waals surface area (Å²) in [6.07, 6.45) is 8.48. The number of alkyl halides is 1. The van der Waals surface area contributed by atoms with Crippen molar-refractivity contribution in [3.8, 4) is 34.4 Å². The summed E-state index contributed by atoms with van der Waals surface area (Å²) >= 11 is 0. The van der Waals surface area contributed by atoms with Crippen LogP contribution >= 0.6 is 0 Å². The Labute approximate surface area is 354 Å².